The van der Waals surface area contributed by atoms with E-state index in [1.807, 2.05) is 0 Å². The van der Waals surface area contributed by atoms with Crippen molar-refractivity contribution in [1.29, 1.82) is 0 Å². The first-order valence-corrected chi connectivity index (χ1v) is 8.08. The van der Waals surface area contributed by atoms with Gasteiger partial charge >= 0.3 is 0 Å². The SMILES string of the molecule is O=S(=O)(Cl)c1ccc(OC/C(Cl)=C\Cl)c(Br)c1. The van der Waals surface area contributed by atoms with Gasteiger partial charge in [0.05, 0.1) is 14.4 Å². The summed E-state index contributed by atoms with van der Waals surface area (Å²) in [6, 6.07) is 4.15. The van der Waals surface area contributed by atoms with Crippen LogP contribution >= 0.6 is 49.8 Å². The zero-order valence-corrected chi connectivity index (χ0v) is 12.8. The van der Waals surface area contributed by atoms with Gasteiger partial charge < -0.3 is 4.74 Å². The van der Waals surface area contributed by atoms with Gasteiger partial charge in [0.25, 0.3) is 9.05 Å². The molecule has 0 saturated carbocycles. The van der Waals surface area contributed by atoms with Gasteiger partial charge in [0, 0.05) is 16.2 Å². The zero-order chi connectivity index (χ0) is 13.1. The van der Waals surface area contributed by atoms with Gasteiger partial charge in [-0.15, -0.1) is 0 Å². The zero-order valence-electron chi connectivity index (χ0n) is 8.16. The number of rotatable bonds is 4. The molecule has 3 nitrogen and oxygen atoms in total. The lowest BCUT2D eigenvalue weighted by Crippen LogP contribution is -1.98. The van der Waals surface area contributed by atoms with Crippen LogP contribution in [0.5, 0.6) is 5.75 Å². The Labute approximate surface area is 122 Å². The molecule has 0 saturated heterocycles. The molecule has 0 unspecified atom stereocenters. The van der Waals surface area contributed by atoms with Crippen molar-refractivity contribution >= 4 is 58.9 Å². The lowest BCUT2D eigenvalue weighted by Gasteiger charge is -2.07. The summed E-state index contributed by atoms with van der Waals surface area (Å²) in [6.45, 7) is 0.0939. The van der Waals surface area contributed by atoms with Gasteiger partial charge in [-0.2, -0.15) is 0 Å². The number of halogens is 4. The monoisotopic (exact) mass is 378 g/mol. The molecule has 0 fully saturated rings. The van der Waals surface area contributed by atoms with E-state index in [2.05, 4.69) is 15.9 Å². The van der Waals surface area contributed by atoms with E-state index in [0.29, 0.717) is 15.3 Å². The molecule has 8 heteroatoms. The molecular weight excluding hydrogens is 374 g/mol. The van der Waals surface area contributed by atoms with Crippen molar-refractivity contribution in [2.75, 3.05) is 6.61 Å². The fraction of sp³-hybridized carbons (Fsp3) is 0.111. The average Bonchev–Trinajstić information content (AvgIpc) is 2.25. The smallest absolute Gasteiger partial charge is 0.261 e. The largest absolute Gasteiger partial charge is 0.487 e. The molecule has 0 amide bonds. The summed E-state index contributed by atoms with van der Waals surface area (Å²) in [6.07, 6.45) is 0. The van der Waals surface area contributed by atoms with Crippen LogP contribution in [-0.2, 0) is 9.05 Å². The molecule has 0 radical (unpaired) electrons. The Morgan fingerprint density at radius 3 is 2.59 bits per heavy atom. The molecule has 1 rings (SSSR count). The molecule has 0 atom stereocenters. The second-order valence-corrected chi connectivity index (χ2v) is 7.00. The third kappa shape index (κ3) is 4.67. The number of hydrogen-bond acceptors (Lipinski definition) is 3. The van der Waals surface area contributed by atoms with E-state index in [-0.39, 0.29) is 11.5 Å². The summed E-state index contributed by atoms with van der Waals surface area (Å²) < 4.78 is 27.9. The summed E-state index contributed by atoms with van der Waals surface area (Å²) in [5.74, 6) is 0.436. The maximum Gasteiger partial charge on any atom is 0.261 e. The second-order valence-electron chi connectivity index (χ2n) is 2.87. The highest BCUT2D eigenvalue weighted by Gasteiger charge is 2.12. The highest BCUT2D eigenvalue weighted by molar-refractivity contribution is 9.10. The predicted molar refractivity (Wildman–Crippen MR) is 72.5 cm³/mol. The molecule has 17 heavy (non-hydrogen) atoms. The standard InChI is InChI=1S/C9H6BrCl3O3S/c10-8-3-7(17(13,14)15)1-2-9(8)16-5-6(12)4-11/h1-4H,5H2/b6-4+. The van der Waals surface area contributed by atoms with E-state index < -0.39 is 9.05 Å². The van der Waals surface area contributed by atoms with Crippen molar-refractivity contribution in [3.63, 3.8) is 0 Å². The molecule has 0 N–H and O–H groups in total. The minimum absolute atomic E-state index is 0.0163. The first kappa shape index (κ1) is 15.1. The van der Waals surface area contributed by atoms with Crippen LogP contribution in [0.25, 0.3) is 0 Å². The predicted octanol–water partition coefficient (Wildman–Crippen LogP) is 4.07. The van der Waals surface area contributed by atoms with Crippen LogP contribution in [0.3, 0.4) is 0 Å². The molecule has 1 aromatic rings. The van der Waals surface area contributed by atoms with Gasteiger partial charge in [-0.1, -0.05) is 23.2 Å². The van der Waals surface area contributed by atoms with Crippen molar-refractivity contribution in [2.45, 2.75) is 4.90 Å². The Morgan fingerprint density at radius 2 is 2.12 bits per heavy atom. The molecule has 0 bridgehead atoms. The Kier molecular flexibility index (Phi) is 5.60. The molecule has 0 aromatic heterocycles. The number of hydrogen-bond donors (Lipinski definition) is 0. The normalized spacial score (nSPS) is 12.6. The van der Waals surface area contributed by atoms with Gasteiger partial charge in [0.2, 0.25) is 0 Å². The van der Waals surface area contributed by atoms with Crippen LogP contribution in [-0.4, -0.2) is 15.0 Å². The van der Waals surface area contributed by atoms with E-state index in [0.717, 1.165) is 0 Å². The molecule has 0 aliphatic heterocycles. The highest BCUT2D eigenvalue weighted by Crippen LogP contribution is 2.29. The molecule has 94 valence electrons. The van der Waals surface area contributed by atoms with Gasteiger partial charge in [0.15, 0.2) is 0 Å². The molecule has 0 spiro atoms. The summed E-state index contributed by atoms with van der Waals surface area (Å²) >= 11 is 14.2. The minimum Gasteiger partial charge on any atom is -0.487 e. The van der Waals surface area contributed by atoms with Crippen molar-refractivity contribution in [2.24, 2.45) is 0 Å². The molecule has 0 heterocycles. The molecule has 0 aliphatic carbocycles. The van der Waals surface area contributed by atoms with Crippen LogP contribution in [0.1, 0.15) is 0 Å². The van der Waals surface area contributed by atoms with Gasteiger partial charge in [0.1, 0.15) is 12.4 Å². The summed E-state index contributed by atoms with van der Waals surface area (Å²) in [7, 11) is 1.45. The van der Waals surface area contributed by atoms with Gasteiger partial charge in [-0.05, 0) is 34.1 Å². The summed E-state index contributed by atoms with van der Waals surface area (Å²) in [4.78, 5) is -0.0163. The van der Waals surface area contributed by atoms with E-state index in [1.54, 1.807) is 0 Å². The second kappa shape index (κ2) is 6.29. The fourth-order valence-corrected chi connectivity index (χ4v) is 2.47. The summed E-state index contributed by atoms with van der Waals surface area (Å²) in [5, 5.41) is 0.326. The third-order valence-electron chi connectivity index (χ3n) is 1.67. The molecule has 1 aromatic carbocycles. The maximum atomic E-state index is 11.1. The Morgan fingerprint density at radius 1 is 1.47 bits per heavy atom. The average molecular weight is 380 g/mol. The fourth-order valence-electron chi connectivity index (χ4n) is 0.928. The van der Waals surface area contributed by atoms with E-state index in [1.165, 1.54) is 23.7 Å². The van der Waals surface area contributed by atoms with E-state index in [4.69, 9.17) is 38.6 Å². The van der Waals surface area contributed by atoms with Crippen LogP contribution < -0.4 is 4.74 Å². The first-order valence-electron chi connectivity index (χ1n) is 4.16. The quantitative estimate of drug-likeness (QED) is 0.740. The first-order chi connectivity index (χ1) is 7.84. The Hall–Kier alpha value is 0.0600. The molecule has 0 aliphatic rings. The van der Waals surface area contributed by atoms with Crippen LogP contribution in [0.2, 0.25) is 0 Å². The Bertz CT molecular complexity index is 542. The lowest BCUT2D eigenvalue weighted by molar-refractivity contribution is 0.357. The minimum atomic E-state index is -3.75. The maximum absolute atomic E-state index is 11.1. The lowest BCUT2D eigenvalue weighted by atomic mass is 10.3. The third-order valence-corrected chi connectivity index (χ3v) is 4.23. The Balaban J connectivity index is 2.91. The van der Waals surface area contributed by atoms with E-state index in [9.17, 15) is 8.42 Å². The van der Waals surface area contributed by atoms with Crippen molar-refractivity contribution < 1.29 is 13.2 Å². The van der Waals surface area contributed by atoms with Gasteiger partial charge in [-0.25, -0.2) is 8.42 Å². The van der Waals surface area contributed by atoms with E-state index >= 15 is 0 Å². The van der Waals surface area contributed by atoms with Crippen molar-refractivity contribution in [1.82, 2.24) is 0 Å². The summed E-state index contributed by atoms with van der Waals surface area (Å²) in [5.41, 5.74) is 1.19. The van der Waals surface area contributed by atoms with Crippen LogP contribution in [0.4, 0.5) is 0 Å². The topological polar surface area (TPSA) is 43.4 Å². The van der Waals surface area contributed by atoms with Crippen LogP contribution in [0.15, 0.2) is 38.1 Å². The number of benzene rings is 1. The highest BCUT2D eigenvalue weighted by atomic mass is 79.9. The van der Waals surface area contributed by atoms with Gasteiger partial charge in [-0.3, -0.25) is 0 Å². The van der Waals surface area contributed by atoms with Crippen LogP contribution in [0, 0.1) is 0 Å². The van der Waals surface area contributed by atoms with Crippen molar-refractivity contribution in [3.8, 4) is 5.75 Å². The molecular formula is C9H6BrCl3O3S. The number of ether oxygens (including phenoxy) is 1. The van der Waals surface area contributed by atoms with Crippen molar-refractivity contribution in [3.05, 3.63) is 33.2 Å².